The Bertz CT molecular complexity index is 371. The lowest BCUT2D eigenvalue weighted by Crippen LogP contribution is -2.28. The number of aliphatic hydroxyl groups excluding tert-OH is 1. The van der Waals surface area contributed by atoms with Crippen LogP contribution in [0.25, 0.3) is 0 Å². The normalized spacial score (nSPS) is 14.9. The Balaban J connectivity index is 1.89. The number of anilines is 1. The van der Waals surface area contributed by atoms with Crippen molar-refractivity contribution in [3.63, 3.8) is 0 Å². The van der Waals surface area contributed by atoms with Crippen LogP contribution in [0, 0.1) is 5.92 Å². The molecule has 106 valence electrons. The van der Waals surface area contributed by atoms with Crippen LogP contribution in [0.15, 0.2) is 24.3 Å². The first kappa shape index (κ1) is 14.4. The van der Waals surface area contributed by atoms with E-state index < -0.39 is 0 Å². The average molecular weight is 262 g/mol. The van der Waals surface area contributed by atoms with Crippen LogP contribution in [0.3, 0.4) is 0 Å². The summed E-state index contributed by atoms with van der Waals surface area (Å²) in [5.41, 5.74) is 2.56. The zero-order valence-corrected chi connectivity index (χ0v) is 12.1. The number of nitrogens with zero attached hydrogens (tertiary/aromatic N) is 1. The number of rotatable bonds is 8. The van der Waals surface area contributed by atoms with Gasteiger partial charge >= 0.3 is 0 Å². The molecular weight excluding hydrogens is 236 g/mol. The molecule has 0 amide bonds. The summed E-state index contributed by atoms with van der Waals surface area (Å²) in [5, 5.41) is 12.6. The lowest BCUT2D eigenvalue weighted by atomic mass is 10.1. The number of nitrogens with one attached hydrogen (secondary N) is 1. The monoisotopic (exact) mass is 262 g/mol. The molecule has 0 aromatic heterocycles. The summed E-state index contributed by atoms with van der Waals surface area (Å²) >= 11 is 0. The Kier molecular flexibility index (Phi) is 5.23. The van der Waals surface area contributed by atoms with Gasteiger partial charge in [0, 0.05) is 24.8 Å². The van der Waals surface area contributed by atoms with Gasteiger partial charge in [-0.05, 0) is 43.0 Å². The minimum absolute atomic E-state index is 0.230. The highest BCUT2D eigenvalue weighted by Gasteiger charge is 2.28. The molecule has 0 unspecified atom stereocenters. The molecule has 0 atom stereocenters. The predicted molar refractivity (Wildman–Crippen MR) is 80.4 cm³/mol. The summed E-state index contributed by atoms with van der Waals surface area (Å²) in [5.74, 6) is 0.689. The zero-order chi connectivity index (χ0) is 13.7. The van der Waals surface area contributed by atoms with E-state index in [1.165, 1.54) is 24.1 Å². The van der Waals surface area contributed by atoms with Gasteiger partial charge in [-0.15, -0.1) is 0 Å². The third-order valence-electron chi connectivity index (χ3n) is 3.48. The fourth-order valence-corrected chi connectivity index (χ4v) is 2.33. The van der Waals surface area contributed by atoms with E-state index >= 15 is 0 Å². The molecule has 3 heteroatoms. The van der Waals surface area contributed by atoms with Crippen LogP contribution in [0.2, 0.25) is 0 Å². The van der Waals surface area contributed by atoms with Crippen LogP contribution in [-0.2, 0) is 6.54 Å². The van der Waals surface area contributed by atoms with E-state index in [0.717, 1.165) is 19.6 Å². The van der Waals surface area contributed by atoms with Crippen LogP contribution < -0.4 is 10.2 Å². The van der Waals surface area contributed by atoms with Gasteiger partial charge in [0.25, 0.3) is 0 Å². The molecule has 0 aliphatic heterocycles. The van der Waals surface area contributed by atoms with E-state index in [-0.39, 0.29) is 6.61 Å². The highest BCUT2D eigenvalue weighted by atomic mass is 16.3. The number of aliphatic hydroxyl groups is 1. The Hall–Kier alpha value is -1.06. The van der Waals surface area contributed by atoms with Crippen molar-refractivity contribution in [1.29, 1.82) is 0 Å². The first-order chi connectivity index (χ1) is 9.20. The van der Waals surface area contributed by atoms with Crippen molar-refractivity contribution >= 4 is 5.69 Å². The van der Waals surface area contributed by atoms with Crippen LogP contribution in [0.1, 0.15) is 32.3 Å². The van der Waals surface area contributed by atoms with Crippen molar-refractivity contribution in [2.45, 2.75) is 39.3 Å². The van der Waals surface area contributed by atoms with Gasteiger partial charge in [-0.3, -0.25) is 0 Å². The second-order valence-electron chi connectivity index (χ2n) is 5.84. The second kappa shape index (κ2) is 6.92. The van der Waals surface area contributed by atoms with Crippen LogP contribution >= 0.6 is 0 Å². The van der Waals surface area contributed by atoms with Gasteiger partial charge in [-0.2, -0.15) is 0 Å². The molecule has 0 bridgehead atoms. The molecule has 1 aliphatic carbocycles. The summed E-state index contributed by atoms with van der Waals surface area (Å²) in [6, 6.07) is 9.39. The van der Waals surface area contributed by atoms with Gasteiger partial charge in [0.05, 0.1) is 6.61 Å². The van der Waals surface area contributed by atoms with Crippen LogP contribution in [0.4, 0.5) is 5.69 Å². The Labute approximate surface area is 116 Å². The fraction of sp³-hybridized carbons (Fsp3) is 0.625. The molecule has 1 aromatic rings. The van der Waals surface area contributed by atoms with Crippen molar-refractivity contribution in [3.05, 3.63) is 29.8 Å². The van der Waals surface area contributed by atoms with Crippen molar-refractivity contribution in [1.82, 2.24) is 5.32 Å². The summed E-state index contributed by atoms with van der Waals surface area (Å²) in [7, 11) is 0. The van der Waals surface area contributed by atoms with E-state index in [1.54, 1.807) is 0 Å². The van der Waals surface area contributed by atoms with E-state index in [0.29, 0.717) is 12.0 Å². The summed E-state index contributed by atoms with van der Waals surface area (Å²) in [4.78, 5) is 2.32. The van der Waals surface area contributed by atoms with Gasteiger partial charge in [0.2, 0.25) is 0 Å². The molecule has 0 heterocycles. The van der Waals surface area contributed by atoms with Crippen molar-refractivity contribution in [3.8, 4) is 0 Å². The molecule has 2 rings (SSSR count). The van der Waals surface area contributed by atoms with Crippen LogP contribution in [0.5, 0.6) is 0 Å². The number of benzene rings is 1. The zero-order valence-electron chi connectivity index (χ0n) is 12.1. The molecule has 19 heavy (non-hydrogen) atoms. The molecule has 3 nitrogen and oxygen atoms in total. The first-order valence-electron chi connectivity index (χ1n) is 7.38. The third-order valence-corrected chi connectivity index (χ3v) is 3.48. The van der Waals surface area contributed by atoms with Crippen LogP contribution in [-0.4, -0.2) is 30.8 Å². The van der Waals surface area contributed by atoms with E-state index in [4.69, 9.17) is 5.11 Å². The van der Waals surface area contributed by atoms with Gasteiger partial charge in [-0.1, -0.05) is 26.0 Å². The predicted octanol–water partition coefficient (Wildman–Crippen LogP) is 2.39. The first-order valence-corrected chi connectivity index (χ1v) is 7.38. The quantitative estimate of drug-likeness (QED) is 0.755. The smallest absolute Gasteiger partial charge is 0.0606 e. The van der Waals surface area contributed by atoms with Crippen molar-refractivity contribution in [2.75, 3.05) is 24.6 Å². The number of hydrogen-bond acceptors (Lipinski definition) is 3. The van der Waals surface area contributed by atoms with E-state index in [1.807, 2.05) is 0 Å². The van der Waals surface area contributed by atoms with Gasteiger partial charge < -0.3 is 15.3 Å². The van der Waals surface area contributed by atoms with Gasteiger partial charge in [-0.25, -0.2) is 0 Å². The second-order valence-corrected chi connectivity index (χ2v) is 5.84. The lowest BCUT2D eigenvalue weighted by Gasteiger charge is -2.23. The molecule has 0 saturated heterocycles. The molecular formula is C16H26N2O. The largest absolute Gasteiger partial charge is 0.395 e. The Morgan fingerprint density at radius 3 is 2.47 bits per heavy atom. The summed E-state index contributed by atoms with van der Waals surface area (Å²) in [6.07, 6.45) is 2.52. The van der Waals surface area contributed by atoms with E-state index in [9.17, 15) is 0 Å². The maximum atomic E-state index is 9.15. The molecule has 1 aliphatic rings. The molecule has 1 fully saturated rings. The lowest BCUT2D eigenvalue weighted by molar-refractivity contribution is 0.301. The molecule has 2 N–H and O–H groups in total. The third kappa shape index (κ3) is 4.51. The summed E-state index contributed by atoms with van der Waals surface area (Å²) < 4.78 is 0. The maximum absolute atomic E-state index is 9.15. The number of hydrogen-bond donors (Lipinski definition) is 2. The molecule has 1 saturated carbocycles. The maximum Gasteiger partial charge on any atom is 0.0606 e. The Morgan fingerprint density at radius 1 is 1.26 bits per heavy atom. The van der Waals surface area contributed by atoms with Crippen molar-refractivity contribution < 1.29 is 5.11 Å². The topological polar surface area (TPSA) is 35.5 Å². The van der Waals surface area contributed by atoms with Gasteiger partial charge in [0.1, 0.15) is 0 Å². The minimum Gasteiger partial charge on any atom is -0.395 e. The Morgan fingerprint density at radius 2 is 1.95 bits per heavy atom. The van der Waals surface area contributed by atoms with Crippen molar-refractivity contribution in [2.24, 2.45) is 5.92 Å². The molecule has 1 aromatic carbocycles. The summed E-state index contributed by atoms with van der Waals surface area (Å²) in [6.45, 7) is 7.41. The SMILES string of the molecule is CC(C)CNCc1ccc(N(CCO)C2CC2)cc1. The average Bonchev–Trinajstić information content (AvgIpc) is 3.21. The van der Waals surface area contributed by atoms with Gasteiger partial charge in [0.15, 0.2) is 0 Å². The fourth-order valence-electron chi connectivity index (χ4n) is 2.33. The highest BCUT2D eigenvalue weighted by molar-refractivity contribution is 5.49. The molecule has 0 radical (unpaired) electrons. The highest BCUT2D eigenvalue weighted by Crippen LogP contribution is 2.31. The minimum atomic E-state index is 0.230. The molecule has 0 spiro atoms. The van der Waals surface area contributed by atoms with E-state index in [2.05, 4.69) is 48.3 Å². The standard InChI is InChI=1S/C16H26N2O/c1-13(2)11-17-12-14-3-5-15(6-4-14)18(9-10-19)16-7-8-16/h3-6,13,16-17,19H,7-12H2,1-2H3.